The van der Waals surface area contributed by atoms with Gasteiger partial charge in [0.2, 0.25) is 0 Å². The number of hydrogen-bond acceptors (Lipinski definition) is 1. The number of aromatic nitrogens is 1. The topological polar surface area (TPSA) is 22.0 Å². The molecule has 1 heterocycles. The molecule has 13 heavy (non-hydrogen) atoms. The molecule has 3 heteroatoms. The Morgan fingerprint density at radius 2 is 2.31 bits per heavy atom. The van der Waals surface area contributed by atoms with Crippen LogP contribution in [-0.2, 0) is 12.4 Å². The van der Waals surface area contributed by atoms with Crippen LogP contribution in [0.5, 0.6) is 0 Å². The molecule has 0 bridgehead atoms. The zero-order valence-electron chi connectivity index (χ0n) is 7.79. The molecule has 0 unspecified atom stereocenters. The van der Waals surface area contributed by atoms with Crippen LogP contribution in [0.25, 0.3) is 0 Å². The number of pyridine rings is 1. The quantitative estimate of drug-likeness (QED) is 0.683. The normalized spacial score (nSPS) is 10.3. The van der Waals surface area contributed by atoms with Crippen molar-refractivity contribution in [1.82, 2.24) is 4.57 Å². The molecule has 1 rings (SSSR count). The highest BCUT2D eigenvalue weighted by Gasteiger charge is 2.00. The first-order chi connectivity index (χ1) is 6.29. The first-order valence-electron chi connectivity index (χ1n) is 4.54. The first-order valence-corrected chi connectivity index (χ1v) is 5.07. The SMILES string of the molecule is CCCCn1cccc(CCl)c1=O. The molecule has 0 aliphatic heterocycles. The molecule has 0 amide bonds. The standard InChI is InChI=1S/C10H14ClNO/c1-2-3-6-12-7-4-5-9(8-11)10(12)13/h4-5,7H,2-3,6,8H2,1H3. The first kappa shape index (κ1) is 10.3. The largest absolute Gasteiger partial charge is 0.315 e. The summed E-state index contributed by atoms with van der Waals surface area (Å²) in [6.45, 7) is 2.90. The van der Waals surface area contributed by atoms with Crippen LogP contribution >= 0.6 is 11.6 Å². The van der Waals surface area contributed by atoms with Crippen LogP contribution in [-0.4, -0.2) is 4.57 Å². The van der Waals surface area contributed by atoms with E-state index in [1.165, 1.54) is 0 Å². The van der Waals surface area contributed by atoms with Crippen LogP contribution in [0.1, 0.15) is 25.3 Å². The third-order valence-electron chi connectivity index (χ3n) is 2.00. The minimum atomic E-state index is 0.0472. The van der Waals surface area contributed by atoms with Gasteiger partial charge in [-0.1, -0.05) is 19.4 Å². The Balaban J connectivity index is 2.88. The van der Waals surface area contributed by atoms with Crippen molar-refractivity contribution in [3.63, 3.8) is 0 Å². The second kappa shape index (κ2) is 5.07. The van der Waals surface area contributed by atoms with E-state index in [1.54, 1.807) is 10.6 Å². The van der Waals surface area contributed by atoms with Gasteiger partial charge in [-0.3, -0.25) is 4.79 Å². The molecule has 0 radical (unpaired) electrons. The Bertz CT molecular complexity index is 319. The van der Waals surface area contributed by atoms with E-state index in [4.69, 9.17) is 11.6 Å². The second-order valence-corrected chi connectivity index (χ2v) is 3.29. The van der Waals surface area contributed by atoms with Gasteiger partial charge in [-0.25, -0.2) is 0 Å². The van der Waals surface area contributed by atoms with E-state index in [9.17, 15) is 4.79 Å². The number of nitrogens with zero attached hydrogens (tertiary/aromatic N) is 1. The Hall–Kier alpha value is -0.760. The van der Waals surface area contributed by atoms with Crippen LogP contribution < -0.4 is 5.56 Å². The maximum Gasteiger partial charge on any atom is 0.254 e. The zero-order valence-corrected chi connectivity index (χ0v) is 8.55. The van der Waals surface area contributed by atoms with Crippen LogP contribution in [0, 0.1) is 0 Å². The maximum absolute atomic E-state index is 11.6. The lowest BCUT2D eigenvalue weighted by molar-refractivity contribution is 0.610. The molecule has 0 saturated carbocycles. The fourth-order valence-electron chi connectivity index (χ4n) is 1.19. The number of aryl methyl sites for hydroxylation is 1. The van der Waals surface area contributed by atoms with E-state index < -0.39 is 0 Å². The van der Waals surface area contributed by atoms with Crippen molar-refractivity contribution in [2.45, 2.75) is 32.2 Å². The highest BCUT2D eigenvalue weighted by Crippen LogP contribution is 1.98. The summed E-state index contributed by atoms with van der Waals surface area (Å²) in [6.07, 6.45) is 3.94. The number of halogens is 1. The lowest BCUT2D eigenvalue weighted by Gasteiger charge is -2.04. The Morgan fingerprint density at radius 1 is 1.54 bits per heavy atom. The van der Waals surface area contributed by atoms with Crippen molar-refractivity contribution >= 4 is 11.6 Å². The van der Waals surface area contributed by atoms with Crippen molar-refractivity contribution in [2.24, 2.45) is 0 Å². The predicted octanol–water partition coefficient (Wildman–Crippen LogP) is 2.39. The molecule has 72 valence electrons. The van der Waals surface area contributed by atoms with Crippen molar-refractivity contribution in [1.29, 1.82) is 0 Å². The minimum Gasteiger partial charge on any atom is -0.315 e. The summed E-state index contributed by atoms with van der Waals surface area (Å²) in [5.74, 6) is 0.297. The molecule has 0 aliphatic rings. The molecule has 0 atom stereocenters. The van der Waals surface area contributed by atoms with Gasteiger partial charge in [0.25, 0.3) is 5.56 Å². The molecule has 2 nitrogen and oxygen atoms in total. The van der Waals surface area contributed by atoms with Crippen molar-refractivity contribution in [2.75, 3.05) is 0 Å². The fraction of sp³-hybridized carbons (Fsp3) is 0.500. The molecular weight excluding hydrogens is 186 g/mol. The molecule has 0 saturated heterocycles. The Kier molecular flexibility index (Phi) is 4.03. The lowest BCUT2D eigenvalue weighted by atomic mass is 10.3. The fourth-order valence-corrected chi connectivity index (χ4v) is 1.40. The van der Waals surface area contributed by atoms with Crippen molar-refractivity contribution in [3.05, 3.63) is 34.2 Å². The predicted molar refractivity (Wildman–Crippen MR) is 55.2 cm³/mol. The number of rotatable bonds is 4. The van der Waals surface area contributed by atoms with Crippen LogP contribution in [0.15, 0.2) is 23.1 Å². The third-order valence-corrected chi connectivity index (χ3v) is 2.28. The molecule has 0 spiro atoms. The monoisotopic (exact) mass is 199 g/mol. The summed E-state index contributed by atoms with van der Waals surface area (Å²) in [6, 6.07) is 3.65. The summed E-state index contributed by atoms with van der Waals surface area (Å²) >= 11 is 5.62. The highest BCUT2D eigenvalue weighted by atomic mass is 35.5. The summed E-state index contributed by atoms with van der Waals surface area (Å²) in [5.41, 5.74) is 0.728. The zero-order chi connectivity index (χ0) is 9.68. The number of hydrogen-bond donors (Lipinski definition) is 0. The van der Waals surface area contributed by atoms with Crippen molar-refractivity contribution in [3.8, 4) is 0 Å². The van der Waals surface area contributed by atoms with Gasteiger partial charge >= 0.3 is 0 Å². The molecule has 0 aromatic carbocycles. The van der Waals surface area contributed by atoms with Crippen LogP contribution in [0.2, 0.25) is 0 Å². The van der Waals surface area contributed by atoms with E-state index in [2.05, 4.69) is 6.92 Å². The third kappa shape index (κ3) is 2.59. The summed E-state index contributed by atoms with van der Waals surface area (Å²) < 4.78 is 1.72. The van der Waals surface area contributed by atoms with Gasteiger partial charge in [0.15, 0.2) is 0 Å². The average molecular weight is 200 g/mol. The minimum absolute atomic E-state index is 0.0472. The van der Waals surface area contributed by atoms with E-state index in [1.807, 2.05) is 12.3 Å². The Morgan fingerprint density at radius 3 is 2.92 bits per heavy atom. The van der Waals surface area contributed by atoms with Gasteiger partial charge in [-0.05, 0) is 12.5 Å². The highest BCUT2D eigenvalue weighted by molar-refractivity contribution is 6.17. The number of alkyl halides is 1. The second-order valence-electron chi connectivity index (χ2n) is 3.02. The average Bonchev–Trinajstić information content (AvgIpc) is 2.16. The summed E-state index contributed by atoms with van der Waals surface area (Å²) in [7, 11) is 0. The number of unbranched alkanes of at least 4 members (excludes halogenated alkanes) is 1. The van der Waals surface area contributed by atoms with Crippen molar-refractivity contribution < 1.29 is 0 Å². The van der Waals surface area contributed by atoms with Gasteiger partial charge in [0.1, 0.15) is 0 Å². The van der Waals surface area contributed by atoms with E-state index in [-0.39, 0.29) is 5.56 Å². The van der Waals surface area contributed by atoms with E-state index >= 15 is 0 Å². The lowest BCUT2D eigenvalue weighted by Crippen LogP contribution is -2.22. The molecule has 1 aromatic heterocycles. The summed E-state index contributed by atoms with van der Waals surface area (Å²) in [5, 5.41) is 0. The molecule has 0 aliphatic carbocycles. The maximum atomic E-state index is 11.6. The van der Waals surface area contributed by atoms with Gasteiger partial charge in [0, 0.05) is 18.3 Å². The molecular formula is C10H14ClNO. The summed E-state index contributed by atoms with van der Waals surface area (Å²) in [4.78, 5) is 11.6. The van der Waals surface area contributed by atoms with E-state index in [0.29, 0.717) is 11.4 Å². The van der Waals surface area contributed by atoms with Gasteiger partial charge in [0.05, 0.1) is 5.88 Å². The molecule has 0 fully saturated rings. The van der Waals surface area contributed by atoms with Crippen LogP contribution in [0.4, 0.5) is 0 Å². The van der Waals surface area contributed by atoms with Gasteiger partial charge in [-0.2, -0.15) is 0 Å². The molecule has 1 aromatic rings. The van der Waals surface area contributed by atoms with E-state index in [0.717, 1.165) is 19.4 Å². The van der Waals surface area contributed by atoms with Gasteiger partial charge in [-0.15, -0.1) is 11.6 Å². The molecule has 0 N–H and O–H groups in total. The van der Waals surface area contributed by atoms with Gasteiger partial charge < -0.3 is 4.57 Å². The van der Waals surface area contributed by atoms with Crippen LogP contribution in [0.3, 0.4) is 0 Å². The Labute approximate surface area is 83.2 Å². The smallest absolute Gasteiger partial charge is 0.254 e.